The molecule has 0 aliphatic rings. The van der Waals surface area contributed by atoms with Gasteiger partial charge in [0.2, 0.25) is 5.91 Å². The van der Waals surface area contributed by atoms with Gasteiger partial charge >= 0.3 is 0 Å². The number of benzene rings is 1. The van der Waals surface area contributed by atoms with Crippen LogP contribution in [-0.4, -0.2) is 10.8 Å². The van der Waals surface area contributed by atoms with Crippen LogP contribution in [0.3, 0.4) is 0 Å². The minimum absolute atomic E-state index is 0.370. The lowest BCUT2D eigenvalue weighted by atomic mass is 9.95. The van der Waals surface area contributed by atoms with Gasteiger partial charge in [0.1, 0.15) is 16.5 Å². The molecule has 0 atom stereocenters. The summed E-state index contributed by atoms with van der Waals surface area (Å²) in [5.41, 5.74) is -1.59. The summed E-state index contributed by atoms with van der Waals surface area (Å²) in [6, 6.07) is 1.84. The number of halogens is 2. The van der Waals surface area contributed by atoms with Crippen LogP contribution in [0.2, 0.25) is 5.02 Å². The van der Waals surface area contributed by atoms with Crippen LogP contribution in [0.1, 0.15) is 20.8 Å². The van der Waals surface area contributed by atoms with Gasteiger partial charge < -0.3 is 5.32 Å². The van der Waals surface area contributed by atoms with Crippen LogP contribution >= 0.6 is 11.6 Å². The van der Waals surface area contributed by atoms with Crippen molar-refractivity contribution >= 4 is 28.9 Å². The highest BCUT2D eigenvalue weighted by Gasteiger charge is 2.26. The molecule has 0 aliphatic heterocycles. The normalized spacial score (nSPS) is 11.2. The van der Waals surface area contributed by atoms with Gasteiger partial charge in [0.25, 0.3) is 5.69 Å². The van der Waals surface area contributed by atoms with Crippen molar-refractivity contribution in [1.82, 2.24) is 0 Å². The molecule has 5 nitrogen and oxygen atoms in total. The smallest absolute Gasteiger partial charge is 0.290 e. The molecule has 0 bridgehead atoms. The fourth-order valence-corrected chi connectivity index (χ4v) is 1.37. The van der Waals surface area contributed by atoms with E-state index in [0.717, 1.165) is 12.1 Å². The first kappa shape index (κ1) is 14.4. The molecule has 0 fully saturated rings. The van der Waals surface area contributed by atoms with Crippen molar-refractivity contribution in [1.29, 1.82) is 0 Å². The van der Waals surface area contributed by atoms with Crippen molar-refractivity contribution in [2.75, 3.05) is 5.32 Å². The van der Waals surface area contributed by atoms with Crippen LogP contribution in [0.5, 0.6) is 0 Å². The summed E-state index contributed by atoms with van der Waals surface area (Å²) in [5.74, 6) is -1.30. The predicted octanol–water partition coefficient (Wildman–Crippen LogP) is 3.37. The zero-order valence-electron chi connectivity index (χ0n) is 10.1. The third-order valence-corrected chi connectivity index (χ3v) is 2.57. The van der Waals surface area contributed by atoms with E-state index >= 15 is 0 Å². The Morgan fingerprint density at radius 3 is 2.44 bits per heavy atom. The lowest BCUT2D eigenvalue weighted by Crippen LogP contribution is -2.28. The number of nitrogens with one attached hydrogen (secondary N) is 1. The van der Waals surface area contributed by atoms with E-state index in [1.165, 1.54) is 0 Å². The first-order chi connectivity index (χ1) is 8.14. The summed E-state index contributed by atoms with van der Waals surface area (Å²) < 4.78 is 13.5. The Kier molecular flexibility index (Phi) is 3.91. The molecule has 0 saturated heterocycles. The molecular weight excluding hydrogens is 263 g/mol. The molecule has 1 aromatic carbocycles. The Morgan fingerprint density at radius 2 is 2.00 bits per heavy atom. The topological polar surface area (TPSA) is 72.2 Å². The average molecular weight is 275 g/mol. The molecular formula is C11H12ClFN2O3. The van der Waals surface area contributed by atoms with Crippen molar-refractivity contribution in [3.63, 3.8) is 0 Å². The number of hydrogen-bond donors (Lipinski definition) is 1. The van der Waals surface area contributed by atoms with Crippen LogP contribution in [0.4, 0.5) is 15.8 Å². The van der Waals surface area contributed by atoms with Gasteiger partial charge in [0, 0.05) is 11.5 Å². The minimum Gasteiger partial charge on any atom is -0.322 e. The molecule has 0 aliphatic carbocycles. The van der Waals surface area contributed by atoms with Crippen molar-refractivity contribution < 1.29 is 14.1 Å². The van der Waals surface area contributed by atoms with E-state index < -0.39 is 32.8 Å². The Hall–Kier alpha value is -1.69. The van der Waals surface area contributed by atoms with Crippen LogP contribution in [0.25, 0.3) is 0 Å². The molecule has 1 amide bonds. The number of nitro benzene ring substituents is 1. The molecule has 0 spiro atoms. The number of hydrogen-bond acceptors (Lipinski definition) is 3. The van der Waals surface area contributed by atoms with E-state index in [-0.39, 0.29) is 5.69 Å². The fourth-order valence-electron chi connectivity index (χ4n) is 1.10. The number of anilines is 1. The number of carbonyl (C=O) groups excluding carboxylic acids is 1. The van der Waals surface area contributed by atoms with Crippen LogP contribution in [0, 0.1) is 21.3 Å². The van der Waals surface area contributed by atoms with Gasteiger partial charge in [0.05, 0.1) is 4.92 Å². The van der Waals surface area contributed by atoms with E-state index in [4.69, 9.17) is 11.6 Å². The van der Waals surface area contributed by atoms with E-state index in [9.17, 15) is 19.3 Å². The first-order valence-electron chi connectivity index (χ1n) is 5.08. The standard InChI is InChI=1S/C11H12ClFN2O3/c1-11(2,3)10(16)14-9-6(13)4-5-7(8(9)12)15(17)18/h4-5H,1-3H3,(H,14,16). The number of rotatable bonds is 2. The summed E-state index contributed by atoms with van der Waals surface area (Å²) in [5, 5.41) is 12.5. The first-order valence-corrected chi connectivity index (χ1v) is 5.46. The summed E-state index contributed by atoms with van der Waals surface area (Å²) in [4.78, 5) is 21.6. The summed E-state index contributed by atoms with van der Waals surface area (Å²) >= 11 is 5.71. The van der Waals surface area contributed by atoms with Gasteiger partial charge in [-0.3, -0.25) is 14.9 Å². The molecule has 98 valence electrons. The molecule has 0 radical (unpaired) electrons. The highest BCUT2D eigenvalue weighted by atomic mass is 35.5. The van der Waals surface area contributed by atoms with Crippen molar-refractivity contribution in [2.24, 2.45) is 5.41 Å². The van der Waals surface area contributed by atoms with Crippen LogP contribution in [0.15, 0.2) is 12.1 Å². The van der Waals surface area contributed by atoms with Crippen molar-refractivity contribution in [3.05, 3.63) is 33.1 Å². The summed E-state index contributed by atoms with van der Waals surface area (Å²) in [6.07, 6.45) is 0. The summed E-state index contributed by atoms with van der Waals surface area (Å²) in [7, 11) is 0. The zero-order valence-corrected chi connectivity index (χ0v) is 10.8. The molecule has 1 aromatic rings. The molecule has 7 heteroatoms. The molecule has 18 heavy (non-hydrogen) atoms. The zero-order chi connectivity index (χ0) is 14.1. The lowest BCUT2D eigenvalue weighted by Gasteiger charge is -2.18. The number of carbonyl (C=O) groups is 1. The van der Waals surface area contributed by atoms with Crippen molar-refractivity contribution in [2.45, 2.75) is 20.8 Å². The Balaban J connectivity index is 3.21. The van der Waals surface area contributed by atoms with Gasteiger partial charge in [-0.05, 0) is 6.07 Å². The van der Waals surface area contributed by atoms with Gasteiger partial charge in [0.15, 0.2) is 0 Å². The van der Waals surface area contributed by atoms with Gasteiger partial charge in [-0.2, -0.15) is 0 Å². The quantitative estimate of drug-likeness (QED) is 0.664. The van der Waals surface area contributed by atoms with Crippen molar-refractivity contribution in [3.8, 4) is 0 Å². The third-order valence-electron chi connectivity index (χ3n) is 2.19. The average Bonchev–Trinajstić information content (AvgIpc) is 2.21. The fraction of sp³-hybridized carbons (Fsp3) is 0.364. The Morgan fingerprint density at radius 1 is 1.44 bits per heavy atom. The number of amides is 1. The highest BCUT2D eigenvalue weighted by Crippen LogP contribution is 2.34. The number of nitro groups is 1. The van der Waals surface area contributed by atoms with E-state index in [0.29, 0.717) is 0 Å². The maximum atomic E-state index is 13.5. The number of nitrogens with zero attached hydrogens (tertiary/aromatic N) is 1. The van der Waals surface area contributed by atoms with E-state index in [1.54, 1.807) is 20.8 Å². The largest absolute Gasteiger partial charge is 0.322 e. The monoisotopic (exact) mass is 274 g/mol. The maximum absolute atomic E-state index is 13.5. The highest BCUT2D eigenvalue weighted by molar-refractivity contribution is 6.35. The second-order valence-electron chi connectivity index (χ2n) is 4.72. The predicted molar refractivity (Wildman–Crippen MR) is 66.1 cm³/mol. The Bertz CT molecular complexity index is 512. The van der Waals surface area contributed by atoms with Gasteiger partial charge in [-0.15, -0.1) is 0 Å². The van der Waals surface area contributed by atoms with Crippen LogP contribution in [-0.2, 0) is 4.79 Å². The Labute approximate surface area is 108 Å². The lowest BCUT2D eigenvalue weighted by molar-refractivity contribution is -0.384. The van der Waals surface area contributed by atoms with Gasteiger partial charge in [-0.25, -0.2) is 4.39 Å². The second-order valence-corrected chi connectivity index (χ2v) is 5.09. The third kappa shape index (κ3) is 2.95. The minimum atomic E-state index is -0.816. The maximum Gasteiger partial charge on any atom is 0.290 e. The van der Waals surface area contributed by atoms with Gasteiger partial charge in [-0.1, -0.05) is 32.4 Å². The molecule has 0 aromatic heterocycles. The molecule has 1 rings (SSSR count). The molecule has 0 heterocycles. The second kappa shape index (κ2) is 4.89. The van der Waals surface area contributed by atoms with E-state index in [2.05, 4.69) is 5.32 Å². The van der Waals surface area contributed by atoms with Crippen LogP contribution < -0.4 is 5.32 Å². The molecule has 1 N–H and O–H groups in total. The molecule has 0 unspecified atom stereocenters. The molecule has 0 saturated carbocycles. The summed E-state index contributed by atoms with van der Waals surface area (Å²) in [6.45, 7) is 4.89. The SMILES string of the molecule is CC(C)(C)C(=O)Nc1c(F)ccc([N+](=O)[O-])c1Cl. The van der Waals surface area contributed by atoms with E-state index in [1.807, 2.05) is 0 Å².